The first-order valence-electron chi connectivity index (χ1n) is 17.0. The summed E-state index contributed by atoms with van der Waals surface area (Å²) < 4.78 is 11.0. The van der Waals surface area contributed by atoms with Gasteiger partial charge >= 0.3 is 11.9 Å². The van der Waals surface area contributed by atoms with Crippen LogP contribution in [0.1, 0.15) is 119 Å². The zero-order valence-corrected chi connectivity index (χ0v) is 33.2. The van der Waals surface area contributed by atoms with Crippen LogP contribution in [-0.2, 0) is 28.7 Å². The summed E-state index contributed by atoms with van der Waals surface area (Å²) in [4.78, 5) is 54.6. The van der Waals surface area contributed by atoms with Gasteiger partial charge in [0.1, 0.15) is 12.1 Å². The number of nitrogens with two attached hydrogens (primary N) is 2. The second kappa shape index (κ2) is 28.3. The van der Waals surface area contributed by atoms with E-state index in [-0.39, 0.29) is 49.9 Å². The van der Waals surface area contributed by atoms with E-state index >= 15 is 0 Å². The summed E-state index contributed by atoms with van der Waals surface area (Å²) in [6, 6.07) is -1.42. The van der Waals surface area contributed by atoms with E-state index in [0.29, 0.717) is 25.9 Å². The maximum atomic E-state index is 12.5. The van der Waals surface area contributed by atoms with Crippen LogP contribution in [0.3, 0.4) is 0 Å². The van der Waals surface area contributed by atoms with Gasteiger partial charge in [-0.3, -0.25) is 19.2 Å². The number of ether oxygens (including phenoxy) is 2. The van der Waals surface area contributed by atoms with Crippen LogP contribution in [0, 0.1) is 11.8 Å². The Morgan fingerprint density at radius 3 is 1.21 bits per heavy atom. The second-order valence-electron chi connectivity index (χ2n) is 12.7. The lowest BCUT2D eigenvalue weighted by Gasteiger charge is -2.24. The van der Waals surface area contributed by atoms with Crippen molar-refractivity contribution in [3.05, 3.63) is 21.2 Å². The lowest BCUT2D eigenvalue weighted by Crippen LogP contribution is -2.37. The van der Waals surface area contributed by atoms with Gasteiger partial charge in [-0.2, -0.15) is 0 Å². The van der Waals surface area contributed by atoms with Gasteiger partial charge in [0.25, 0.3) is 0 Å². The zero-order chi connectivity index (χ0) is 34.5. The first-order chi connectivity index (χ1) is 21.9. The number of hydrogen-bond donors (Lipinski definition) is 2. The minimum absolute atomic E-state index is 0. The van der Waals surface area contributed by atoms with Gasteiger partial charge < -0.3 is 30.7 Å². The highest BCUT2D eigenvalue weighted by Gasteiger charge is 2.22. The van der Waals surface area contributed by atoms with Crippen LogP contribution in [0.15, 0.2) is 21.2 Å². The smallest absolute Gasteiger partial charge is 0.323 e. The summed E-state index contributed by atoms with van der Waals surface area (Å²) in [5.41, 5.74) is 13.6. The second-order valence-corrected chi connectivity index (χ2v) is 15.0. The summed E-state index contributed by atoms with van der Waals surface area (Å²) >= 11 is 0. The molecule has 280 valence electrons. The number of rotatable bonds is 12. The van der Waals surface area contributed by atoms with E-state index in [0.717, 1.165) is 72.5 Å². The van der Waals surface area contributed by atoms with Gasteiger partial charge in [0.05, 0.1) is 13.2 Å². The molecule has 0 saturated carbocycles. The van der Waals surface area contributed by atoms with Crippen molar-refractivity contribution >= 4 is 71.2 Å². The van der Waals surface area contributed by atoms with Crippen LogP contribution in [-0.4, -0.2) is 72.9 Å². The molecule has 2 atom stereocenters. The standard InChI is InChI=1S/C34H60N4O6S2.2ClH/c1-25(2)31(35)33(41)43-21-17-29-27(5)37(23-39)19-15-13-11-9-7-8-10-12-14-16-20-38(24-40)28(6)30(46-45-29)18-22-44-34(42)32(36)26(3)4;;/h23-26,31-32H,7-22,35-36H2,1-6H3;2*1H/b29-27-,30-28-;;/t31-,32-;;/m0../s1. The molecule has 10 nitrogen and oxygen atoms in total. The number of carbonyl (C=O) groups excluding carboxylic acids is 4. The highest BCUT2D eigenvalue weighted by molar-refractivity contribution is 8.79. The Kier molecular flexibility index (Phi) is 28.7. The monoisotopic (exact) mass is 756 g/mol. The van der Waals surface area contributed by atoms with Crippen molar-refractivity contribution in [2.75, 3.05) is 26.3 Å². The minimum atomic E-state index is -0.708. The average molecular weight is 758 g/mol. The Morgan fingerprint density at radius 2 is 0.938 bits per heavy atom. The van der Waals surface area contributed by atoms with Crippen molar-refractivity contribution in [2.24, 2.45) is 23.3 Å². The molecular formula is C34H62Cl2N4O6S2. The molecule has 0 fully saturated rings. The lowest BCUT2D eigenvalue weighted by molar-refractivity contribution is -0.147. The largest absolute Gasteiger partial charge is 0.464 e. The number of nitrogens with zero attached hydrogens (tertiary/aromatic N) is 2. The van der Waals surface area contributed by atoms with Crippen molar-refractivity contribution in [3.8, 4) is 0 Å². The first kappa shape index (κ1) is 48.7. The summed E-state index contributed by atoms with van der Waals surface area (Å²) in [6.07, 6.45) is 13.6. The maximum Gasteiger partial charge on any atom is 0.323 e. The quantitative estimate of drug-likeness (QED) is 0.118. The van der Waals surface area contributed by atoms with Crippen LogP contribution in [0.4, 0.5) is 0 Å². The van der Waals surface area contributed by atoms with E-state index in [2.05, 4.69) is 0 Å². The number of esters is 2. The predicted molar refractivity (Wildman–Crippen MR) is 204 cm³/mol. The van der Waals surface area contributed by atoms with E-state index < -0.39 is 24.0 Å². The van der Waals surface area contributed by atoms with Crippen molar-refractivity contribution in [1.29, 1.82) is 0 Å². The van der Waals surface area contributed by atoms with Crippen molar-refractivity contribution in [2.45, 2.75) is 131 Å². The molecule has 48 heavy (non-hydrogen) atoms. The summed E-state index contributed by atoms with van der Waals surface area (Å²) in [5.74, 6) is -1.00. The van der Waals surface area contributed by atoms with Crippen molar-refractivity contribution in [1.82, 2.24) is 9.80 Å². The van der Waals surface area contributed by atoms with Crippen molar-refractivity contribution < 1.29 is 28.7 Å². The average Bonchev–Trinajstić information content (AvgIpc) is 3.03. The van der Waals surface area contributed by atoms with Crippen LogP contribution >= 0.6 is 46.4 Å². The highest BCUT2D eigenvalue weighted by atomic mass is 35.5. The van der Waals surface area contributed by atoms with Gasteiger partial charge in [0.15, 0.2) is 0 Å². The molecule has 1 aliphatic rings. The number of amides is 2. The first-order valence-corrected chi connectivity index (χ1v) is 19.1. The molecule has 0 aromatic carbocycles. The van der Waals surface area contributed by atoms with E-state index in [1.165, 1.54) is 47.3 Å². The summed E-state index contributed by atoms with van der Waals surface area (Å²) in [7, 11) is 2.93. The molecule has 0 radical (unpaired) electrons. The summed E-state index contributed by atoms with van der Waals surface area (Å²) in [6.45, 7) is 12.8. The van der Waals surface area contributed by atoms with E-state index in [1.807, 2.05) is 41.5 Å². The van der Waals surface area contributed by atoms with Crippen LogP contribution in [0.2, 0.25) is 0 Å². The molecule has 0 bridgehead atoms. The molecule has 0 aromatic rings. The van der Waals surface area contributed by atoms with Crippen molar-refractivity contribution in [3.63, 3.8) is 0 Å². The van der Waals surface area contributed by atoms with Gasteiger partial charge in [-0.15, -0.1) is 24.8 Å². The number of halogens is 2. The van der Waals surface area contributed by atoms with Gasteiger partial charge in [-0.05, 0) is 38.5 Å². The number of carbonyl (C=O) groups is 4. The van der Waals surface area contributed by atoms with Gasteiger partial charge in [0.2, 0.25) is 12.8 Å². The Hall–Kier alpha value is -1.44. The molecule has 0 unspecified atom stereocenters. The zero-order valence-electron chi connectivity index (χ0n) is 29.9. The maximum absolute atomic E-state index is 12.5. The Morgan fingerprint density at radius 1 is 0.646 bits per heavy atom. The van der Waals surface area contributed by atoms with Gasteiger partial charge in [-0.25, -0.2) is 0 Å². The van der Waals surface area contributed by atoms with Gasteiger partial charge in [-0.1, -0.05) is 101 Å². The molecule has 0 aliphatic carbocycles. The molecule has 1 aliphatic heterocycles. The molecule has 14 heteroatoms. The normalized spacial score (nSPS) is 21.0. The third-order valence-electron chi connectivity index (χ3n) is 8.34. The fraction of sp³-hybridized carbons (Fsp3) is 0.765. The van der Waals surface area contributed by atoms with Crippen LogP contribution < -0.4 is 11.5 Å². The third-order valence-corrected chi connectivity index (χ3v) is 11.3. The molecule has 0 saturated heterocycles. The minimum Gasteiger partial charge on any atom is -0.464 e. The molecular weight excluding hydrogens is 695 g/mol. The van der Waals surface area contributed by atoms with Crippen LogP contribution in [0.5, 0.6) is 0 Å². The molecule has 0 spiro atoms. The SMILES string of the molecule is C/C1=C(\CCOC(=O)[C@@H](N)C(C)C)SS/C(CCOC(=O)[C@@H](N)C(C)C)=C(/C)N(C=O)CCCCCCCCCCCCN1C=O.Cl.Cl. The molecule has 2 amide bonds. The van der Waals surface area contributed by atoms with E-state index in [4.69, 9.17) is 20.9 Å². The number of hydrogen-bond acceptors (Lipinski definition) is 10. The number of allylic oxidation sites excluding steroid dienone is 2. The molecule has 1 heterocycles. The third kappa shape index (κ3) is 19.1. The van der Waals surface area contributed by atoms with Crippen LogP contribution in [0.25, 0.3) is 0 Å². The Bertz CT molecular complexity index is 938. The fourth-order valence-corrected chi connectivity index (χ4v) is 7.63. The lowest BCUT2D eigenvalue weighted by atomic mass is 10.1. The van der Waals surface area contributed by atoms with E-state index in [9.17, 15) is 19.2 Å². The summed E-state index contributed by atoms with van der Waals surface area (Å²) in [5, 5.41) is 0. The predicted octanol–water partition coefficient (Wildman–Crippen LogP) is 7.34. The fourth-order valence-electron chi connectivity index (χ4n) is 4.79. The molecule has 0 aromatic heterocycles. The Balaban J connectivity index is 0. The molecule has 4 N–H and O–H groups in total. The molecule has 1 rings (SSSR count). The topological polar surface area (TPSA) is 145 Å². The highest BCUT2D eigenvalue weighted by Crippen LogP contribution is 2.43. The van der Waals surface area contributed by atoms with E-state index in [1.54, 1.807) is 9.80 Å². The van der Waals surface area contributed by atoms with Gasteiger partial charge in [0, 0.05) is 47.1 Å². The Labute approximate surface area is 309 Å².